The van der Waals surface area contributed by atoms with E-state index in [4.69, 9.17) is 0 Å². The summed E-state index contributed by atoms with van der Waals surface area (Å²) in [6.45, 7) is 3.72. The van der Waals surface area contributed by atoms with Gasteiger partial charge in [0.1, 0.15) is 0 Å². The Morgan fingerprint density at radius 1 is 1.11 bits per heavy atom. The zero-order chi connectivity index (χ0) is 13.1. The van der Waals surface area contributed by atoms with Crippen molar-refractivity contribution in [3.05, 3.63) is 43.0 Å². The number of unbranched alkanes of at least 4 members (excludes halogenated alkanes) is 4. The van der Waals surface area contributed by atoms with Crippen LogP contribution in [0.15, 0.2) is 47.9 Å². The summed E-state index contributed by atoms with van der Waals surface area (Å²) < 4.78 is 0. The van der Waals surface area contributed by atoms with Crippen molar-refractivity contribution in [2.45, 2.75) is 49.5 Å². The summed E-state index contributed by atoms with van der Waals surface area (Å²) in [4.78, 5) is 1.24. The van der Waals surface area contributed by atoms with E-state index in [0.29, 0.717) is 0 Å². The fourth-order valence-electron chi connectivity index (χ4n) is 1.81. The van der Waals surface area contributed by atoms with Gasteiger partial charge in [0.15, 0.2) is 0 Å². The van der Waals surface area contributed by atoms with Crippen molar-refractivity contribution in [1.82, 2.24) is 0 Å². The molecular weight excluding hydrogens is 240 g/mol. The first-order chi connectivity index (χ1) is 8.83. The van der Waals surface area contributed by atoms with E-state index in [0.717, 1.165) is 25.0 Å². The van der Waals surface area contributed by atoms with Crippen LogP contribution in [0.4, 0.5) is 0 Å². The molecule has 0 heterocycles. The number of aliphatic hydroxyl groups is 1. The minimum absolute atomic E-state index is 0.172. The lowest BCUT2D eigenvalue weighted by atomic mass is 10.1. The summed E-state index contributed by atoms with van der Waals surface area (Å²) in [7, 11) is 0. The van der Waals surface area contributed by atoms with Crippen LogP contribution in [0.2, 0.25) is 0 Å². The predicted octanol–water partition coefficient (Wildman–Crippen LogP) is 4.67. The molecule has 2 heteroatoms. The van der Waals surface area contributed by atoms with Gasteiger partial charge in [0.2, 0.25) is 0 Å². The second-order valence-electron chi connectivity index (χ2n) is 4.56. The number of aliphatic hydroxyl groups excluding tert-OH is 1. The van der Waals surface area contributed by atoms with Crippen LogP contribution in [0, 0.1) is 0 Å². The van der Waals surface area contributed by atoms with E-state index in [1.807, 2.05) is 24.3 Å². The number of hydrogen-bond acceptors (Lipinski definition) is 2. The molecule has 0 aliphatic carbocycles. The van der Waals surface area contributed by atoms with Crippen molar-refractivity contribution >= 4 is 11.8 Å². The lowest BCUT2D eigenvalue weighted by Crippen LogP contribution is -2.09. The Labute approximate surface area is 115 Å². The molecule has 1 nitrogen and oxygen atoms in total. The summed E-state index contributed by atoms with van der Waals surface area (Å²) in [6.07, 6.45) is 8.69. The minimum atomic E-state index is -0.172. The molecule has 1 rings (SSSR count). The summed E-state index contributed by atoms with van der Waals surface area (Å²) >= 11 is 1.74. The Morgan fingerprint density at radius 2 is 1.83 bits per heavy atom. The van der Waals surface area contributed by atoms with Crippen LogP contribution in [-0.2, 0) is 0 Å². The van der Waals surface area contributed by atoms with E-state index in [9.17, 15) is 5.11 Å². The largest absolute Gasteiger partial charge is 0.392 e. The van der Waals surface area contributed by atoms with Gasteiger partial charge in [-0.2, -0.15) is 0 Å². The number of hydrogen-bond donors (Lipinski definition) is 1. The van der Waals surface area contributed by atoms with Gasteiger partial charge in [-0.05, 0) is 31.4 Å². The van der Waals surface area contributed by atoms with E-state index in [1.165, 1.54) is 24.2 Å². The number of allylic oxidation sites excluding steroid dienone is 1. The van der Waals surface area contributed by atoms with E-state index in [2.05, 4.69) is 18.7 Å². The highest BCUT2D eigenvalue weighted by Gasteiger charge is 2.04. The van der Waals surface area contributed by atoms with Gasteiger partial charge in [-0.1, -0.05) is 43.5 Å². The topological polar surface area (TPSA) is 20.2 Å². The molecule has 1 N–H and O–H groups in total. The second kappa shape index (κ2) is 10.2. The third kappa shape index (κ3) is 7.57. The highest BCUT2D eigenvalue weighted by molar-refractivity contribution is 7.99. The summed E-state index contributed by atoms with van der Waals surface area (Å²) in [5, 5.41) is 9.88. The Bertz CT molecular complexity index is 310. The van der Waals surface area contributed by atoms with Crippen LogP contribution in [-0.4, -0.2) is 17.0 Å². The first kappa shape index (κ1) is 15.3. The summed E-state index contributed by atoms with van der Waals surface area (Å²) in [6, 6.07) is 10.3. The number of thioether (sulfide) groups is 1. The molecule has 0 saturated carbocycles. The molecule has 0 bridgehead atoms. The van der Waals surface area contributed by atoms with Crippen LogP contribution in [0.3, 0.4) is 0 Å². The van der Waals surface area contributed by atoms with Gasteiger partial charge in [-0.25, -0.2) is 0 Å². The quantitative estimate of drug-likeness (QED) is 0.376. The van der Waals surface area contributed by atoms with E-state index >= 15 is 0 Å². The zero-order valence-electron chi connectivity index (χ0n) is 11.1. The molecular formula is C16H24OS. The van der Waals surface area contributed by atoms with Crippen molar-refractivity contribution in [2.75, 3.05) is 5.75 Å². The number of rotatable bonds is 10. The molecule has 1 aromatic rings. The Hall–Kier alpha value is -0.730. The van der Waals surface area contributed by atoms with Gasteiger partial charge >= 0.3 is 0 Å². The average molecular weight is 264 g/mol. The molecule has 18 heavy (non-hydrogen) atoms. The molecule has 100 valence electrons. The van der Waals surface area contributed by atoms with E-state index < -0.39 is 0 Å². The third-order valence-electron chi connectivity index (χ3n) is 2.88. The predicted molar refractivity (Wildman–Crippen MR) is 81.1 cm³/mol. The molecule has 0 aromatic heterocycles. The lowest BCUT2D eigenvalue weighted by molar-refractivity contribution is 0.185. The minimum Gasteiger partial charge on any atom is -0.392 e. The van der Waals surface area contributed by atoms with Gasteiger partial charge < -0.3 is 5.11 Å². The fraction of sp³-hybridized carbons (Fsp3) is 0.500. The van der Waals surface area contributed by atoms with Crippen LogP contribution in [0.5, 0.6) is 0 Å². The van der Waals surface area contributed by atoms with E-state index in [-0.39, 0.29) is 6.10 Å². The van der Waals surface area contributed by atoms with Gasteiger partial charge in [0, 0.05) is 10.6 Å². The van der Waals surface area contributed by atoms with Gasteiger partial charge in [-0.3, -0.25) is 0 Å². The number of benzene rings is 1. The maximum Gasteiger partial charge on any atom is 0.0634 e. The Kier molecular flexibility index (Phi) is 8.70. The molecule has 0 fully saturated rings. The van der Waals surface area contributed by atoms with E-state index in [1.54, 1.807) is 11.8 Å². The molecule has 0 spiro atoms. The molecule has 0 saturated heterocycles. The molecule has 1 unspecified atom stereocenters. The summed E-state index contributed by atoms with van der Waals surface area (Å²) in [5.74, 6) is 0.802. The van der Waals surface area contributed by atoms with Crippen molar-refractivity contribution in [3.8, 4) is 0 Å². The first-order valence-electron chi connectivity index (χ1n) is 6.79. The van der Waals surface area contributed by atoms with Crippen LogP contribution < -0.4 is 0 Å². The molecule has 1 aromatic carbocycles. The van der Waals surface area contributed by atoms with Crippen molar-refractivity contribution in [2.24, 2.45) is 0 Å². The zero-order valence-corrected chi connectivity index (χ0v) is 11.9. The van der Waals surface area contributed by atoms with Crippen molar-refractivity contribution < 1.29 is 5.11 Å². The first-order valence-corrected chi connectivity index (χ1v) is 7.78. The maximum atomic E-state index is 9.88. The molecule has 0 aliphatic rings. The van der Waals surface area contributed by atoms with Crippen LogP contribution in [0.25, 0.3) is 0 Å². The van der Waals surface area contributed by atoms with Crippen molar-refractivity contribution in [1.29, 1.82) is 0 Å². The SMILES string of the molecule is C=CCCCCCCC(O)CSc1ccccc1. The smallest absolute Gasteiger partial charge is 0.0634 e. The monoisotopic (exact) mass is 264 g/mol. The standard InChI is InChI=1S/C16H24OS/c1-2-3-4-5-6-8-11-15(17)14-18-16-12-9-7-10-13-16/h2,7,9-10,12-13,15,17H,1,3-6,8,11,14H2. The maximum absolute atomic E-state index is 9.88. The van der Waals surface area contributed by atoms with Gasteiger partial charge in [0.05, 0.1) is 6.10 Å². The normalized spacial score (nSPS) is 12.3. The van der Waals surface area contributed by atoms with Gasteiger partial charge in [-0.15, -0.1) is 18.3 Å². The van der Waals surface area contributed by atoms with Crippen molar-refractivity contribution in [3.63, 3.8) is 0 Å². The molecule has 0 radical (unpaired) electrons. The lowest BCUT2D eigenvalue weighted by Gasteiger charge is -2.09. The molecule has 1 atom stereocenters. The Morgan fingerprint density at radius 3 is 2.56 bits per heavy atom. The fourth-order valence-corrected chi connectivity index (χ4v) is 2.72. The van der Waals surface area contributed by atoms with Crippen LogP contribution >= 0.6 is 11.8 Å². The highest BCUT2D eigenvalue weighted by Crippen LogP contribution is 2.19. The Balaban J connectivity index is 2.00. The molecule has 0 aliphatic heterocycles. The molecule has 0 amide bonds. The third-order valence-corrected chi connectivity index (χ3v) is 4.04. The average Bonchev–Trinajstić information content (AvgIpc) is 2.41. The van der Waals surface area contributed by atoms with Crippen LogP contribution in [0.1, 0.15) is 38.5 Å². The second-order valence-corrected chi connectivity index (χ2v) is 5.65. The van der Waals surface area contributed by atoms with Gasteiger partial charge in [0.25, 0.3) is 0 Å². The summed E-state index contributed by atoms with van der Waals surface area (Å²) in [5.41, 5.74) is 0. The highest BCUT2D eigenvalue weighted by atomic mass is 32.2.